The Labute approximate surface area is 113 Å². The third kappa shape index (κ3) is 3.02. The molecule has 1 rings (SSSR count). The van der Waals surface area contributed by atoms with Crippen molar-refractivity contribution in [3.8, 4) is 0 Å². The molecule has 102 valence electrons. The molecule has 0 aliphatic carbocycles. The summed E-state index contributed by atoms with van der Waals surface area (Å²) in [5.41, 5.74) is 0.722. The monoisotopic (exact) mass is 270 g/mol. The van der Waals surface area contributed by atoms with E-state index in [1.807, 2.05) is 20.9 Å². The Kier molecular flexibility index (Phi) is 5.14. The van der Waals surface area contributed by atoms with E-state index >= 15 is 0 Å². The Balaban J connectivity index is 3.13. The van der Waals surface area contributed by atoms with Crippen LogP contribution < -0.4 is 4.90 Å². The zero-order chi connectivity index (χ0) is 13.9. The molecule has 0 spiro atoms. The molecule has 5 heteroatoms. The zero-order valence-electron chi connectivity index (χ0n) is 11.7. The first kappa shape index (κ1) is 15.0. The number of carboxylic acid groups (broad SMARTS) is 1. The van der Waals surface area contributed by atoms with Gasteiger partial charge in [-0.1, -0.05) is 32.1 Å². The van der Waals surface area contributed by atoms with Gasteiger partial charge < -0.3 is 10.0 Å². The van der Waals surface area contributed by atoms with Crippen LogP contribution in [0.15, 0.2) is 0 Å². The lowest BCUT2D eigenvalue weighted by molar-refractivity contribution is 0.0700. The Bertz CT molecular complexity index is 417. The van der Waals surface area contributed by atoms with Crippen LogP contribution in [0.25, 0.3) is 0 Å². The molecule has 1 N–H and O–H groups in total. The molecule has 0 aromatic carbocycles. The molecule has 0 radical (unpaired) electrons. The molecular weight excluding hydrogens is 248 g/mol. The minimum Gasteiger partial charge on any atom is -0.477 e. The van der Waals surface area contributed by atoms with Crippen LogP contribution in [-0.4, -0.2) is 29.1 Å². The highest BCUT2D eigenvalue weighted by Crippen LogP contribution is 2.32. The summed E-state index contributed by atoms with van der Waals surface area (Å²) in [6, 6.07) is 0.363. The van der Waals surface area contributed by atoms with Gasteiger partial charge in [0.2, 0.25) is 0 Å². The Morgan fingerprint density at radius 1 is 1.39 bits per heavy atom. The SMILES string of the molecule is CCC(C)c1nc(N(C)C(C)CC)sc1C(=O)O. The van der Waals surface area contributed by atoms with Crippen LogP contribution in [-0.2, 0) is 0 Å². The quantitative estimate of drug-likeness (QED) is 0.858. The Morgan fingerprint density at radius 3 is 2.44 bits per heavy atom. The van der Waals surface area contributed by atoms with Crippen molar-refractivity contribution in [2.45, 2.75) is 52.5 Å². The molecule has 2 unspecified atom stereocenters. The average molecular weight is 270 g/mol. The van der Waals surface area contributed by atoms with Crippen molar-refractivity contribution in [3.05, 3.63) is 10.6 Å². The molecular formula is C13H22N2O2S. The molecule has 0 bridgehead atoms. The topological polar surface area (TPSA) is 53.4 Å². The fourth-order valence-corrected chi connectivity index (χ4v) is 2.70. The van der Waals surface area contributed by atoms with Gasteiger partial charge in [-0.25, -0.2) is 9.78 Å². The fourth-order valence-electron chi connectivity index (χ4n) is 1.61. The number of aromatic carboxylic acids is 1. The van der Waals surface area contributed by atoms with Crippen molar-refractivity contribution in [3.63, 3.8) is 0 Å². The lowest BCUT2D eigenvalue weighted by Gasteiger charge is -2.22. The van der Waals surface area contributed by atoms with Gasteiger partial charge in [0.05, 0.1) is 5.69 Å². The van der Waals surface area contributed by atoms with Crippen LogP contribution in [0.5, 0.6) is 0 Å². The van der Waals surface area contributed by atoms with Crippen molar-refractivity contribution in [1.82, 2.24) is 4.98 Å². The van der Waals surface area contributed by atoms with E-state index in [0.717, 1.165) is 23.7 Å². The number of aromatic nitrogens is 1. The van der Waals surface area contributed by atoms with Gasteiger partial charge in [-0.2, -0.15) is 0 Å². The third-order valence-electron chi connectivity index (χ3n) is 3.47. The van der Waals surface area contributed by atoms with Gasteiger partial charge in [0.15, 0.2) is 5.13 Å². The third-order valence-corrected chi connectivity index (χ3v) is 4.62. The Hall–Kier alpha value is -1.10. The second-order valence-electron chi connectivity index (χ2n) is 4.69. The molecule has 18 heavy (non-hydrogen) atoms. The van der Waals surface area contributed by atoms with E-state index in [2.05, 4.69) is 23.7 Å². The number of anilines is 1. The fraction of sp³-hybridized carbons (Fsp3) is 0.692. The first-order chi connectivity index (χ1) is 8.42. The largest absolute Gasteiger partial charge is 0.477 e. The number of carboxylic acids is 1. The average Bonchev–Trinajstić information content (AvgIpc) is 2.80. The predicted molar refractivity (Wildman–Crippen MR) is 75.9 cm³/mol. The molecule has 0 saturated heterocycles. The van der Waals surface area contributed by atoms with Crippen LogP contribution in [0.3, 0.4) is 0 Å². The van der Waals surface area contributed by atoms with Crippen LogP contribution in [0.2, 0.25) is 0 Å². The molecule has 1 aromatic rings. The maximum atomic E-state index is 11.3. The first-order valence-electron chi connectivity index (χ1n) is 6.39. The summed E-state index contributed by atoms with van der Waals surface area (Å²) in [4.78, 5) is 18.2. The Morgan fingerprint density at radius 2 is 2.00 bits per heavy atom. The van der Waals surface area contributed by atoms with E-state index in [-0.39, 0.29) is 5.92 Å². The molecule has 0 amide bonds. The van der Waals surface area contributed by atoms with Gasteiger partial charge >= 0.3 is 5.97 Å². The van der Waals surface area contributed by atoms with Gasteiger partial charge in [-0.05, 0) is 25.7 Å². The van der Waals surface area contributed by atoms with Gasteiger partial charge in [0, 0.05) is 13.1 Å². The number of rotatable bonds is 6. The highest BCUT2D eigenvalue weighted by Gasteiger charge is 2.23. The van der Waals surface area contributed by atoms with Gasteiger partial charge in [0.1, 0.15) is 4.88 Å². The van der Waals surface area contributed by atoms with Crippen LogP contribution in [0, 0.1) is 0 Å². The summed E-state index contributed by atoms with van der Waals surface area (Å²) in [5.74, 6) is -0.682. The molecule has 1 heterocycles. The zero-order valence-corrected chi connectivity index (χ0v) is 12.5. The molecule has 0 aliphatic rings. The highest BCUT2D eigenvalue weighted by molar-refractivity contribution is 7.17. The number of thiazole rings is 1. The van der Waals surface area contributed by atoms with Crippen molar-refractivity contribution in [2.24, 2.45) is 0 Å². The van der Waals surface area contributed by atoms with Gasteiger partial charge in [-0.15, -0.1) is 0 Å². The van der Waals surface area contributed by atoms with E-state index in [4.69, 9.17) is 0 Å². The summed E-state index contributed by atoms with van der Waals surface area (Å²) in [5, 5.41) is 10.1. The normalized spacial score (nSPS) is 14.3. The lowest BCUT2D eigenvalue weighted by Crippen LogP contribution is -2.27. The van der Waals surface area contributed by atoms with Gasteiger partial charge in [0.25, 0.3) is 0 Å². The minimum atomic E-state index is -0.869. The van der Waals surface area contributed by atoms with E-state index in [9.17, 15) is 9.90 Å². The molecule has 1 aromatic heterocycles. The van der Waals surface area contributed by atoms with E-state index < -0.39 is 5.97 Å². The standard InChI is InChI=1S/C13H22N2O2S/c1-6-8(3)10-11(12(16)17)18-13(14-10)15(5)9(4)7-2/h8-9H,6-7H2,1-5H3,(H,16,17). The highest BCUT2D eigenvalue weighted by atomic mass is 32.1. The molecule has 0 saturated carbocycles. The summed E-state index contributed by atoms with van der Waals surface area (Å²) < 4.78 is 0. The number of nitrogens with zero attached hydrogens (tertiary/aromatic N) is 2. The van der Waals surface area contributed by atoms with E-state index in [1.54, 1.807) is 0 Å². The summed E-state index contributed by atoms with van der Waals surface area (Å²) in [6.45, 7) is 8.30. The minimum absolute atomic E-state index is 0.187. The van der Waals surface area contributed by atoms with E-state index in [1.165, 1.54) is 11.3 Å². The van der Waals surface area contributed by atoms with Crippen molar-refractivity contribution in [2.75, 3.05) is 11.9 Å². The van der Waals surface area contributed by atoms with Crippen LogP contribution in [0.4, 0.5) is 5.13 Å². The maximum Gasteiger partial charge on any atom is 0.347 e. The van der Waals surface area contributed by atoms with Gasteiger partial charge in [-0.3, -0.25) is 0 Å². The number of hydrogen-bond acceptors (Lipinski definition) is 4. The summed E-state index contributed by atoms with van der Waals surface area (Å²) >= 11 is 1.28. The molecule has 0 aliphatic heterocycles. The van der Waals surface area contributed by atoms with Crippen molar-refractivity contribution < 1.29 is 9.90 Å². The number of carbonyl (C=O) groups is 1. The first-order valence-corrected chi connectivity index (χ1v) is 7.20. The lowest BCUT2D eigenvalue weighted by atomic mass is 10.0. The predicted octanol–water partition coefficient (Wildman–Crippen LogP) is 3.59. The molecule has 4 nitrogen and oxygen atoms in total. The smallest absolute Gasteiger partial charge is 0.347 e. The second kappa shape index (κ2) is 6.18. The second-order valence-corrected chi connectivity index (χ2v) is 5.67. The summed E-state index contributed by atoms with van der Waals surface area (Å²) in [6.07, 6.45) is 1.91. The number of hydrogen-bond donors (Lipinski definition) is 1. The maximum absolute atomic E-state index is 11.3. The molecule has 2 atom stereocenters. The van der Waals surface area contributed by atoms with Crippen LogP contribution >= 0.6 is 11.3 Å². The van der Waals surface area contributed by atoms with Crippen molar-refractivity contribution in [1.29, 1.82) is 0 Å². The van der Waals surface area contributed by atoms with Crippen LogP contribution in [0.1, 0.15) is 61.8 Å². The van der Waals surface area contributed by atoms with E-state index in [0.29, 0.717) is 10.9 Å². The summed E-state index contributed by atoms with van der Waals surface area (Å²) in [7, 11) is 1.97. The van der Waals surface area contributed by atoms with Crippen molar-refractivity contribution >= 4 is 22.4 Å². The molecule has 0 fully saturated rings.